The minimum Gasteiger partial charge on any atom is -0.469 e. The maximum atomic E-state index is 5.89. The summed E-state index contributed by atoms with van der Waals surface area (Å²) in [7, 11) is -0.462. The number of hydrogen-bond donors (Lipinski definition) is 0. The molecule has 92 valence electrons. The van der Waals surface area contributed by atoms with Gasteiger partial charge in [-0.05, 0) is 37.5 Å². The zero-order valence-corrected chi connectivity index (χ0v) is 12.2. The Morgan fingerprint density at radius 3 is 2.47 bits per heavy atom. The Balaban J connectivity index is 0.000000686. The Labute approximate surface area is 106 Å². The van der Waals surface area contributed by atoms with Gasteiger partial charge in [-0.15, -0.1) is 0 Å². The second-order valence-electron chi connectivity index (χ2n) is 3.58. The quantitative estimate of drug-likeness (QED) is 0.601. The van der Waals surface area contributed by atoms with E-state index in [1.54, 1.807) is 0 Å². The van der Waals surface area contributed by atoms with Crippen molar-refractivity contribution in [2.75, 3.05) is 6.66 Å². The maximum Gasteiger partial charge on any atom is 0.131 e. The Kier molecular flexibility index (Phi) is 5.44. The molecular formula is C15H21OP. The van der Waals surface area contributed by atoms with Gasteiger partial charge in [-0.25, -0.2) is 0 Å². The summed E-state index contributed by atoms with van der Waals surface area (Å²) in [5.74, 6) is 1.02. The second-order valence-corrected chi connectivity index (χ2v) is 5.43. The van der Waals surface area contributed by atoms with Crippen LogP contribution in [0.1, 0.15) is 33.3 Å². The van der Waals surface area contributed by atoms with Crippen molar-refractivity contribution in [1.82, 2.24) is 0 Å². The molecule has 1 atom stereocenters. The largest absolute Gasteiger partial charge is 0.469 e. The van der Waals surface area contributed by atoms with Gasteiger partial charge < -0.3 is 4.52 Å². The van der Waals surface area contributed by atoms with E-state index in [1.807, 2.05) is 26.0 Å². The summed E-state index contributed by atoms with van der Waals surface area (Å²) in [6, 6.07) is 8.25. The number of fused-ring (bicyclic) bond motifs is 1. The smallest absolute Gasteiger partial charge is 0.131 e. The van der Waals surface area contributed by atoms with Gasteiger partial charge >= 0.3 is 0 Å². The van der Waals surface area contributed by atoms with Crippen LogP contribution in [0.5, 0.6) is 5.75 Å². The van der Waals surface area contributed by atoms with Crippen LogP contribution >= 0.6 is 8.15 Å². The van der Waals surface area contributed by atoms with Crippen molar-refractivity contribution in [3.8, 4) is 5.75 Å². The minimum atomic E-state index is -0.462. The second kappa shape index (κ2) is 6.61. The summed E-state index contributed by atoms with van der Waals surface area (Å²) in [6.07, 6.45) is 4.26. The van der Waals surface area contributed by atoms with Gasteiger partial charge in [-0.2, -0.15) is 0 Å². The molecule has 0 N–H and O–H groups in total. The average Bonchev–Trinajstić information content (AvgIpc) is 2.37. The molecule has 1 aliphatic heterocycles. The lowest BCUT2D eigenvalue weighted by Gasteiger charge is -2.25. The van der Waals surface area contributed by atoms with Crippen molar-refractivity contribution in [3.05, 3.63) is 47.3 Å². The Morgan fingerprint density at radius 1 is 1.18 bits per heavy atom. The molecule has 1 aliphatic rings. The van der Waals surface area contributed by atoms with Gasteiger partial charge in [-0.1, -0.05) is 44.2 Å². The van der Waals surface area contributed by atoms with Crippen molar-refractivity contribution in [3.63, 3.8) is 0 Å². The van der Waals surface area contributed by atoms with Crippen LogP contribution in [-0.4, -0.2) is 6.66 Å². The topological polar surface area (TPSA) is 9.23 Å². The van der Waals surface area contributed by atoms with Crippen LogP contribution in [-0.2, 0) is 0 Å². The van der Waals surface area contributed by atoms with Gasteiger partial charge in [0, 0.05) is 5.56 Å². The highest BCUT2D eigenvalue weighted by molar-refractivity contribution is 7.57. The van der Waals surface area contributed by atoms with Crippen LogP contribution in [0.25, 0.3) is 5.57 Å². The normalized spacial score (nSPS) is 18.3. The molecular weight excluding hydrogens is 227 g/mol. The fourth-order valence-electron chi connectivity index (χ4n) is 1.73. The van der Waals surface area contributed by atoms with Crippen molar-refractivity contribution >= 4 is 13.7 Å². The number of hydrogen-bond acceptors (Lipinski definition) is 1. The molecule has 17 heavy (non-hydrogen) atoms. The summed E-state index contributed by atoms with van der Waals surface area (Å²) in [5, 5.41) is 1.36. The van der Waals surface area contributed by atoms with Crippen LogP contribution in [0.4, 0.5) is 0 Å². The maximum absolute atomic E-state index is 5.89. The Hall–Kier alpha value is -1.07. The third-order valence-electron chi connectivity index (χ3n) is 2.61. The van der Waals surface area contributed by atoms with Crippen LogP contribution in [0.3, 0.4) is 0 Å². The number of benzene rings is 1. The predicted molar refractivity (Wildman–Crippen MR) is 78.7 cm³/mol. The van der Waals surface area contributed by atoms with Gasteiger partial charge in [0.1, 0.15) is 13.9 Å². The molecule has 0 amide bonds. The standard InChI is InChI=1S/C13H15OP.C2H6/c1-4-7-11-10(2)15(3)14-13-9-6-5-8-12(11)13;1-2/h4-9H,1-3H3;1-2H3/b7-4-;. The molecule has 1 heterocycles. The van der Waals surface area contributed by atoms with E-state index in [0.717, 1.165) is 5.75 Å². The monoisotopic (exact) mass is 248 g/mol. The first-order chi connectivity index (χ1) is 8.24. The minimum absolute atomic E-state index is 0.462. The van der Waals surface area contributed by atoms with Crippen LogP contribution < -0.4 is 4.52 Å². The van der Waals surface area contributed by atoms with Crippen LogP contribution in [0.15, 0.2) is 41.7 Å². The van der Waals surface area contributed by atoms with E-state index in [4.69, 9.17) is 4.52 Å². The first-order valence-corrected chi connectivity index (χ1v) is 7.79. The molecule has 0 bridgehead atoms. The fraction of sp³-hybridized carbons (Fsp3) is 0.333. The van der Waals surface area contributed by atoms with Crippen LogP contribution in [0.2, 0.25) is 0 Å². The van der Waals surface area contributed by atoms with Gasteiger partial charge in [0.2, 0.25) is 0 Å². The zero-order valence-electron chi connectivity index (χ0n) is 11.3. The van der Waals surface area contributed by atoms with E-state index < -0.39 is 8.15 Å². The fourth-order valence-corrected chi connectivity index (χ4v) is 2.85. The molecule has 0 aliphatic carbocycles. The molecule has 0 radical (unpaired) electrons. The van der Waals surface area contributed by atoms with E-state index in [1.165, 1.54) is 16.5 Å². The molecule has 0 spiro atoms. The molecule has 1 nitrogen and oxygen atoms in total. The molecule has 0 saturated heterocycles. The first kappa shape index (κ1) is 14.0. The van der Waals surface area contributed by atoms with E-state index in [2.05, 4.69) is 44.8 Å². The molecule has 0 saturated carbocycles. The molecule has 0 aromatic heterocycles. The number of rotatable bonds is 1. The Morgan fingerprint density at radius 2 is 1.82 bits per heavy atom. The molecule has 2 heteroatoms. The van der Waals surface area contributed by atoms with Gasteiger partial charge in [0.15, 0.2) is 0 Å². The SMILES string of the molecule is C/C=C\C1=C(C)P(C)Oc2ccccc21.CC. The molecule has 1 aromatic carbocycles. The van der Waals surface area contributed by atoms with Crippen molar-refractivity contribution in [1.29, 1.82) is 0 Å². The Bertz CT molecular complexity index is 432. The van der Waals surface area contributed by atoms with Crippen molar-refractivity contribution in [2.24, 2.45) is 0 Å². The van der Waals surface area contributed by atoms with Gasteiger partial charge in [0.25, 0.3) is 0 Å². The first-order valence-electron chi connectivity index (χ1n) is 6.08. The molecule has 1 unspecified atom stereocenters. The molecule has 0 fully saturated rings. The van der Waals surface area contributed by atoms with Crippen molar-refractivity contribution < 1.29 is 4.52 Å². The summed E-state index contributed by atoms with van der Waals surface area (Å²) in [5.41, 5.74) is 2.54. The lowest BCUT2D eigenvalue weighted by atomic mass is 10.0. The van der Waals surface area contributed by atoms with E-state index in [-0.39, 0.29) is 0 Å². The van der Waals surface area contributed by atoms with Crippen LogP contribution in [0, 0.1) is 0 Å². The highest BCUT2D eigenvalue weighted by Crippen LogP contribution is 2.52. The summed E-state index contributed by atoms with van der Waals surface area (Å²) < 4.78 is 5.89. The predicted octanol–water partition coefficient (Wildman–Crippen LogP) is 5.44. The van der Waals surface area contributed by atoms with E-state index >= 15 is 0 Å². The lowest BCUT2D eigenvalue weighted by Crippen LogP contribution is -2.00. The van der Waals surface area contributed by atoms with Crippen molar-refractivity contribution in [2.45, 2.75) is 27.7 Å². The average molecular weight is 248 g/mol. The zero-order chi connectivity index (χ0) is 12.8. The summed E-state index contributed by atoms with van der Waals surface area (Å²) in [4.78, 5) is 0. The highest BCUT2D eigenvalue weighted by atomic mass is 31.1. The summed E-state index contributed by atoms with van der Waals surface area (Å²) >= 11 is 0. The summed E-state index contributed by atoms with van der Waals surface area (Å²) in [6.45, 7) is 10.4. The lowest BCUT2D eigenvalue weighted by molar-refractivity contribution is 0.617. The van der Waals surface area contributed by atoms with E-state index in [9.17, 15) is 0 Å². The number of para-hydroxylation sites is 1. The third kappa shape index (κ3) is 2.98. The van der Waals surface area contributed by atoms with E-state index in [0.29, 0.717) is 0 Å². The number of allylic oxidation sites excluding steroid dienone is 4. The third-order valence-corrected chi connectivity index (χ3v) is 4.26. The highest BCUT2D eigenvalue weighted by Gasteiger charge is 2.20. The molecule has 1 aromatic rings. The van der Waals surface area contributed by atoms with Gasteiger partial charge in [-0.3, -0.25) is 0 Å². The molecule has 2 rings (SSSR count). The van der Waals surface area contributed by atoms with Gasteiger partial charge in [0.05, 0.1) is 0 Å².